The van der Waals surface area contributed by atoms with E-state index in [0.29, 0.717) is 13.1 Å². The van der Waals surface area contributed by atoms with E-state index in [1.807, 2.05) is 38.1 Å². The van der Waals surface area contributed by atoms with Gasteiger partial charge in [0.15, 0.2) is 0 Å². The molecule has 0 unspecified atom stereocenters. The third-order valence-corrected chi connectivity index (χ3v) is 2.37. The van der Waals surface area contributed by atoms with Gasteiger partial charge in [0.05, 0.1) is 12.6 Å². The second kappa shape index (κ2) is 7.01. The number of hydrogen-bond donors (Lipinski definition) is 1. The molecule has 0 saturated carbocycles. The van der Waals surface area contributed by atoms with Crippen LogP contribution in [-0.4, -0.2) is 37.6 Å². The van der Waals surface area contributed by atoms with Crippen molar-refractivity contribution in [1.82, 2.24) is 10.2 Å². The van der Waals surface area contributed by atoms with Crippen molar-refractivity contribution in [1.29, 1.82) is 0 Å². The van der Waals surface area contributed by atoms with Gasteiger partial charge in [0.25, 0.3) is 0 Å². The fourth-order valence-corrected chi connectivity index (χ4v) is 1.47. The summed E-state index contributed by atoms with van der Waals surface area (Å²) in [5, 5.41) is 3.12. The van der Waals surface area contributed by atoms with E-state index < -0.39 is 0 Å². The zero-order valence-corrected chi connectivity index (χ0v) is 11.6. The van der Waals surface area contributed by atoms with Crippen molar-refractivity contribution in [2.75, 3.05) is 20.6 Å². The third-order valence-electron chi connectivity index (χ3n) is 2.37. The second-order valence-electron chi connectivity index (χ2n) is 4.71. The Labute approximate surface area is 109 Å². The average Bonchev–Trinajstić information content (AvgIpc) is 2.28. The summed E-state index contributed by atoms with van der Waals surface area (Å²) in [6, 6.07) is 7.91. The number of benzene rings is 1. The highest BCUT2D eigenvalue weighted by Crippen LogP contribution is 2.14. The highest BCUT2D eigenvalue weighted by atomic mass is 16.5. The van der Waals surface area contributed by atoms with Crippen molar-refractivity contribution in [2.45, 2.75) is 26.5 Å². The third kappa shape index (κ3) is 5.19. The van der Waals surface area contributed by atoms with Crippen molar-refractivity contribution in [2.24, 2.45) is 0 Å². The van der Waals surface area contributed by atoms with Gasteiger partial charge in [-0.2, -0.15) is 0 Å². The Bertz CT molecular complexity index is 389. The predicted molar refractivity (Wildman–Crippen MR) is 72.6 cm³/mol. The van der Waals surface area contributed by atoms with E-state index in [1.165, 1.54) is 0 Å². The SMILES string of the molecule is CC(C)Oc1cccc(CNCC(=O)N(C)C)c1. The molecule has 0 fully saturated rings. The van der Waals surface area contributed by atoms with Crippen molar-refractivity contribution in [3.8, 4) is 5.75 Å². The quantitative estimate of drug-likeness (QED) is 0.834. The lowest BCUT2D eigenvalue weighted by Gasteiger charge is -2.12. The number of rotatable bonds is 6. The smallest absolute Gasteiger partial charge is 0.236 e. The highest BCUT2D eigenvalue weighted by molar-refractivity contribution is 5.77. The Morgan fingerprint density at radius 3 is 2.72 bits per heavy atom. The Morgan fingerprint density at radius 2 is 2.11 bits per heavy atom. The average molecular weight is 250 g/mol. The first-order valence-corrected chi connectivity index (χ1v) is 6.15. The summed E-state index contributed by atoms with van der Waals surface area (Å²) in [6.45, 7) is 5.01. The molecule has 1 N–H and O–H groups in total. The zero-order valence-electron chi connectivity index (χ0n) is 11.6. The number of nitrogens with one attached hydrogen (secondary N) is 1. The maximum atomic E-state index is 11.4. The Balaban J connectivity index is 2.45. The van der Waals surface area contributed by atoms with Gasteiger partial charge in [-0.25, -0.2) is 0 Å². The van der Waals surface area contributed by atoms with Crippen molar-refractivity contribution < 1.29 is 9.53 Å². The molecule has 1 rings (SSSR count). The lowest BCUT2D eigenvalue weighted by molar-refractivity contribution is -0.127. The van der Waals surface area contributed by atoms with E-state index in [0.717, 1.165) is 11.3 Å². The van der Waals surface area contributed by atoms with Crippen LogP contribution in [0.4, 0.5) is 0 Å². The maximum absolute atomic E-state index is 11.4. The van der Waals surface area contributed by atoms with Gasteiger partial charge in [-0.1, -0.05) is 12.1 Å². The van der Waals surface area contributed by atoms with E-state index in [1.54, 1.807) is 19.0 Å². The van der Waals surface area contributed by atoms with E-state index >= 15 is 0 Å². The standard InChI is InChI=1S/C14H22N2O2/c1-11(2)18-13-7-5-6-12(8-13)9-15-10-14(17)16(3)4/h5-8,11,15H,9-10H2,1-4H3. The molecule has 0 saturated heterocycles. The summed E-state index contributed by atoms with van der Waals surface area (Å²) in [4.78, 5) is 13.0. The Kier molecular flexibility index (Phi) is 5.65. The molecule has 0 atom stereocenters. The predicted octanol–water partition coefficient (Wildman–Crippen LogP) is 1.65. The molecular weight excluding hydrogens is 228 g/mol. The molecule has 0 aliphatic heterocycles. The highest BCUT2D eigenvalue weighted by Gasteiger charge is 2.03. The molecule has 0 radical (unpaired) electrons. The molecule has 0 aliphatic carbocycles. The summed E-state index contributed by atoms with van der Waals surface area (Å²) in [7, 11) is 3.50. The van der Waals surface area contributed by atoms with Gasteiger partial charge in [0.1, 0.15) is 5.75 Å². The zero-order chi connectivity index (χ0) is 13.5. The maximum Gasteiger partial charge on any atom is 0.236 e. The van der Waals surface area contributed by atoms with E-state index in [-0.39, 0.29) is 12.0 Å². The molecule has 1 aromatic rings. The molecule has 0 spiro atoms. The van der Waals surface area contributed by atoms with E-state index in [2.05, 4.69) is 5.32 Å². The van der Waals surface area contributed by atoms with Gasteiger partial charge in [0, 0.05) is 20.6 Å². The molecule has 4 nitrogen and oxygen atoms in total. The topological polar surface area (TPSA) is 41.6 Å². The fourth-order valence-electron chi connectivity index (χ4n) is 1.47. The number of carbonyl (C=O) groups is 1. The molecule has 100 valence electrons. The van der Waals surface area contributed by atoms with Crippen LogP contribution in [0.1, 0.15) is 19.4 Å². The Morgan fingerprint density at radius 1 is 1.39 bits per heavy atom. The lowest BCUT2D eigenvalue weighted by atomic mass is 10.2. The van der Waals surface area contributed by atoms with Crippen molar-refractivity contribution in [3.63, 3.8) is 0 Å². The van der Waals surface area contributed by atoms with Crippen LogP contribution in [0.15, 0.2) is 24.3 Å². The van der Waals surface area contributed by atoms with Crippen LogP contribution in [0.2, 0.25) is 0 Å². The first-order valence-electron chi connectivity index (χ1n) is 6.15. The summed E-state index contributed by atoms with van der Waals surface area (Å²) < 4.78 is 5.62. The summed E-state index contributed by atoms with van der Waals surface area (Å²) >= 11 is 0. The van der Waals surface area contributed by atoms with Crippen LogP contribution < -0.4 is 10.1 Å². The number of nitrogens with zero attached hydrogens (tertiary/aromatic N) is 1. The minimum Gasteiger partial charge on any atom is -0.491 e. The van der Waals surface area contributed by atoms with Gasteiger partial charge in [-0.3, -0.25) is 4.79 Å². The minimum absolute atomic E-state index is 0.0737. The van der Waals surface area contributed by atoms with E-state index in [9.17, 15) is 4.79 Å². The molecule has 0 bridgehead atoms. The Hall–Kier alpha value is -1.55. The van der Waals surface area contributed by atoms with Gasteiger partial charge in [0.2, 0.25) is 5.91 Å². The molecule has 0 heterocycles. The fraction of sp³-hybridized carbons (Fsp3) is 0.500. The second-order valence-corrected chi connectivity index (χ2v) is 4.71. The molecule has 1 amide bonds. The summed E-state index contributed by atoms with van der Waals surface area (Å²) in [5.41, 5.74) is 1.11. The van der Waals surface area contributed by atoms with Gasteiger partial charge in [-0.15, -0.1) is 0 Å². The van der Waals surface area contributed by atoms with Crippen molar-refractivity contribution in [3.05, 3.63) is 29.8 Å². The first kappa shape index (κ1) is 14.5. The lowest BCUT2D eigenvalue weighted by Crippen LogP contribution is -2.32. The van der Waals surface area contributed by atoms with Crippen LogP contribution in [0.5, 0.6) is 5.75 Å². The van der Waals surface area contributed by atoms with Gasteiger partial charge < -0.3 is 15.0 Å². The molecule has 4 heteroatoms. The van der Waals surface area contributed by atoms with Gasteiger partial charge in [-0.05, 0) is 31.5 Å². The largest absolute Gasteiger partial charge is 0.491 e. The molecule has 0 aromatic heterocycles. The molecule has 0 aliphatic rings. The number of ether oxygens (including phenoxy) is 1. The molecular formula is C14H22N2O2. The normalized spacial score (nSPS) is 10.5. The van der Waals surface area contributed by atoms with Crippen LogP contribution in [0, 0.1) is 0 Å². The van der Waals surface area contributed by atoms with Crippen LogP contribution in [0.25, 0.3) is 0 Å². The first-order chi connectivity index (χ1) is 8.49. The molecule has 1 aromatic carbocycles. The number of amides is 1. The van der Waals surface area contributed by atoms with Crippen LogP contribution >= 0.6 is 0 Å². The minimum atomic E-state index is 0.0737. The number of likely N-dealkylation sites (N-methyl/N-ethyl adjacent to an activating group) is 1. The number of hydrogen-bond acceptors (Lipinski definition) is 3. The van der Waals surface area contributed by atoms with Gasteiger partial charge >= 0.3 is 0 Å². The summed E-state index contributed by atoms with van der Waals surface area (Å²) in [6.07, 6.45) is 0.170. The van der Waals surface area contributed by atoms with Crippen LogP contribution in [0.3, 0.4) is 0 Å². The number of carbonyl (C=O) groups excluding carboxylic acids is 1. The van der Waals surface area contributed by atoms with Crippen molar-refractivity contribution >= 4 is 5.91 Å². The monoisotopic (exact) mass is 250 g/mol. The molecule has 18 heavy (non-hydrogen) atoms. The van der Waals surface area contributed by atoms with E-state index in [4.69, 9.17) is 4.74 Å². The summed E-state index contributed by atoms with van der Waals surface area (Å²) in [5.74, 6) is 0.938. The van der Waals surface area contributed by atoms with Crippen LogP contribution in [-0.2, 0) is 11.3 Å².